The van der Waals surface area contributed by atoms with Crippen molar-refractivity contribution >= 4 is 0 Å². The Bertz CT molecular complexity index is 633. The molecule has 0 aromatic carbocycles. The van der Waals surface area contributed by atoms with Gasteiger partial charge in [0.1, 0.15) is 6.23 Å². The average Bonchev–Trinajstić information content (AvgIpc) is 2.28. The number of hydrogen-bond donors (Lipinski definition) is 0. The van der Waals surface area contributed by atoms with Crippen LogP contribution in [0.2, 0.25) is 0 Å². The van der Waals surface area contributed by atoms with Crippen LogP contribution < -0.4 is 17.1 Å². The fourth-order valence-electron chi connectivity index (χ4n) is 1.88. The molecule has 0 amide bonds. The van der Waals surface area contributed by atoms with Crippen molar-refractivity contribution in [2.75, 3.05) is 6.61 Å². The molecule has 7 nitrogen and oxygen atoms in total. The summed E-state index contributed by atoms with van der Waals surface area (Å²) in [6, 6.07) is 0. The SMILES string of the molecule is C=CCn1c(=O)n(CC)c(=O)n(C2CCO2)c1=O. The van der Waals surface area contributed by atoms with Gasteiger partial charge in [-0.05, 0) is 6.92 Å². The maximum atomic E-state index is 12.1. The quantitative estimate of drug-likeness (QED) is 0.665. The molecular weight excluding hydrogens is 238 g/mol. The topological polar surface area (TPSA) is 75.2 Å². The molecule has 1 aromatic rings. The minimum Gasteiger partial charge on any atom is -0.357 e. The Kier molecular flexibility index (Phi) is 3.33. The Morgan fingerprint density at radius 2 is 1.89 bits per heavy atom. The number of ether oxygens (including phenoxy) is 1. The molecule has 1 fully saturated rings. The second kappa shape index (κ2) is 4.77. The van der Waals surface area contributed by atoms with Crippen LogP contribution in [0.1, 0.15) is 19.6 Å². The molecule has 0 radical (unpaired) electrons. The molecule has 0 saturated carbocycles. The average molecular weight is 253 g/mol. The molecule has 0 N–H and O–H groups in total. The van der Waals surface area contributed by atoms with Gasteiger partial charge in [-0.1, -0.05) is 6.08 Å². The molecule has 98 valence electrons. The zero-order chi connectivity index (χ0) is 13.3. The molecule has 2 heterocycles. The lowest BCUT2D eigenvalue weighted by atomic mass is 10.3. The largest absolute Gasteiger partial charge is 0.357 e. The van der Waals surface area contributed by atoms with Crippen molar-refractivity contribution in [1.29, 1.82) is 0 Å². The lowest BCUT2D eigenvalue weighted by Crippen LogP contribution is -2.56. The summed E-state index contributed by atoms with van der Waals surface area (Å²) in [4.78, 5) is 36.1. The van der Waals surface area contributed by atoms with Crippen LogP contribution in [0.3, 0.4) is 0 Å². The Hall–Kier alpha value is -1.89. The molecule has 2 rings (SSSR count). The number of allylic oxidation sites excluding steroid dienone is 1. The highest BCUT2D eigenvalue weighted by Crippen LogP contribution is 2.18. The fraction of sp³-hybridized carbons (Fsp3) is 0.545. The summed E-state index contributed by atoms with van der Waals surface area (Å²) in [5, 5.41) is 0. The molecule has 1 unspecified atom stereocenters. The summed E-state index contributed by atoms with van der Waals surface area (Å²) in [5.74, 6) is 0. The predicted octanol–water partition coefficient (Wildman–Crippen LogP) is -0.703. The van der Waals surface area contributed by atoms with Crippen LogP contribution in [0.5, 0.6) is 0 Å². The maximum Gasteiger partial charge on any atom is 0.338 e. The molecule has 0 bridgehead atoms. The van der Waals surface area contributed by atoms with E-state index >= 15 is 0 Å². The molecule has 0 spiro atoms. The molecule has 1 aliphatic rings. The van der Waals surface area contributed by atoms with E-state index in [1.807, 2.05) is 0 Å². The van der Waals surface area contributed by atoms with Crippen LogP contribution in [-0.2, 0) is 17.8 Å². The predicted molar refractivity (Wildman–Crippen MR) is 64.7 cm³/mol. The summed E-state index contributed by atoms with van der Waals surface area (Å²) in [6.07, 6.45) is 1.49. The van der Waals surface area contributed by atoms with Gasteiger partial charge < -0.3 is 4.74 Å². The van der Waals surface area contributed by atoms with Crippen molar-refractivity contribution in [1.82, 2.24) is 13.7 Å². The first kappa shape index (κ1) is 12.6. The van der Waals surface area contributed by atoms with Crippen LogP contribution >= 0.6 is 0 Å². The second-order valence-electron chi connectivity index (χ2n) is 3.98. The molecule has 1 aliphatic heterocycles. The molecule has 1 aromatic heterocycles. The van der Waals surface area contributed by atoms with Gasteiger partial charge in [0.2, 0.25) is 0 Å². The van der Waals surface area contributed by atoms with Gasteiger partial charge in [0, 0.05) is 13.0 Å². The molecule has 1 atom stereocenters. The first-order valence-corrected chi connectivity index (χ1v) is 5.80. The van der Waals surface area contributed by atoms with E-state index in [9.17, 15) is 14.4 Å². The summed E-state index contributed by atoms with van der Waals surface area (Å²) < 4.78 is 8.16. The molecule has 0 aliphatic carbocycles. The summed E-state index contributed by atoms with van der Waals surface area (Å²) in [5.41, 5.74) is -1.86. The van der Waals surface area contributed by atoms with E-state index in [1.165, 1.54) is 6.08 Å². The van der Waals surface area contributed by atoms with E-state index in [-0.39, 0.29) is 13.1 Å². The van der Waals surface area contributed by atoms with Crippen molar-refractivity contribution < 1.29 is 4.74 Å². The van der Waals surface area contributed by atoms with Crippen LogP contribution in [-0.4, -0.2) is 20.3 Å². The zero-order valence-corrected chi connectivity index (χ0v) is 10.2. The molecular formula is C11H15N3O4. The third-order valence-electron chi connectivity index (χ3n) is 2.93. The van der Waals surface area contributed by atoms with E-state index in [4.69, 9.17) is 4.74 Å². The van der Waals surface area contributed by atoms with E-state index in [0.29, 0.717) is 13.0 Å². The van der Waals surface area contributed by atoms with Crippen molar-refractivity contribution in [3.8, 4) is 0 Å². The smallest absolute Gasteiger partial charge is 0.338 e. The van der Waals surface area contributed by atoms with Crippen molar-refractivity contribution in [2.24, 2.45) is 0 Å². The Morgan fingerprint density at radius 3 is 2.33 bits per heavy atom. The third-order valence-corrected chi connectivity index (χ3v) is 2.93. The Balaban J connectivity index is 2.76. The highest BCUT2D eigenvalue weighted by atomic mass is 16.5. The summed E-state index contributed by atoms with van der Waals surface area (Å²) >= 11 is 0. The minimum absolute atomic E-state index is 0.0741. The number of aromatic nitrogens is 3. The van der Waals surface area contributed by atoms with Gasteiger partial charge in [-0.25, -0.2) is 28.1 Å². The number of rotatable bonds is 4. The van der Waals surface area contributed by atoms with Gasteiger partial charge in [-0.3, -0.25) is 0 Å². The zero-order valence-electron chi connectivity index (χ0n) is 10.2. The van der Waals surface area contributed by atoms with Crippen molar-refractivity contribution in [2.45, 2.75) is 32.7 Å². The first-order valence-electron chi connectivity index (χ1n) is 5.80. The van der Waals surface area contributed by atoms with Crippen LogP contribution in [0, 0.1) is 0 Å². The van der Waals surface area contributed by atoms with Crippen LogP contribution in [0.15, 0.2) is 27.0 Å². The first-order chi connectivity index (χ1) is 8.61. The maximum absolute atomic E-state index is 12.1. The van der Waals surface area contributed by atoms with E-state index in [0.717, 1.165) is 13.7 Å². The van der Waals surface area contributed by atoms with Gasteiger partial charge in [-0.15, -0.1) is 6.58 Å². The Morgan fingerprint density at radius 1 is 1.28 bits per heavy atom. The third kappa shape index (κ3) is 1.76. The van der Waals surface area contributed by atoms with Crippen LogP contribution in [0.25, 0.3) is 0 Å². The van der Waals surface area contributed by atoms with Crippen molar-refractivity contribution in [3.63, 3.8) is 0 Å². The van der Waals surface area contributed by atoms with E-state index in [1.54, 1.807) is 6.92 Å². The molecule has 1 saturated heterocycles. The van der Waals surface area contributed by atoms with Gasteiger partial charge in [0.25, 0.3) is 0 Å². The highest BCUT2D eigenvalue weighted by molar-refractivity contribution is 4.84. The van der Waals surface area contributed by atoms with E-state index in [2.05, 4.69) is 6.58 Å². The minimum atomic E-state index is -0.640. The second-order valence-corrected chi connectivity index (χ2v) is 3.98. The van der Waals surface area contributed by atoms with Gasteiger partial charge in [0.05, 0.1) is 13.2 Å². The fourth-order valence-corrected chi connectivity index (χ4v) is 1.88. The molecule has 18 heavy (non-hydrogen) atoms. The summed E-state index contributed by atoms with van der Waals surface area (Å²) in [6.45, 7) is 5.98. The highest BCUT2D eigenvalue weighted by Gasteiger charge is 2.26. The lowest BCUT2D eigenvalue weighted by Gasteiger charge is -2.28. The standard InChI is InChI=1S/C11H15N3O4/c1-3-6-13-9(15)12(4-2)10(16)14(11(13)17)8-5-7-18-8/h3,8H,1,4-7H2,2H3. The van der Waals surface area contributed by atoms with Gasteiger partial charge in [0.15, 0.2) is 0 Å². The normalized spacial score (nSPS) is 18.4. The molecule has 7 heteroatoms. The van der Waals surface area contributed by atoms with Crippen LogP contribution in [0.4, 0.5) is 0 Å². The van der Waals surface area contributed by atoms with Gasteiger partial charge >= 0.3 is 17.1 Å². The Labute approximate surface area is 103 Å². The lowest BCUT2D eigenvalue weighted by molar-refractivity contribution is -0.106. The monoisotopic (exact) mass is 253 g/mol. The van der Waals surface area contributed by atoms with Gasteiger partial charge in [-0.2, -0.15) is 0 Å². The van der Waals surface area contributed by atoms with E-state index < -0.39 is 23.3 Å². The number of nitrogens with zero attached hydrogens (tertiary/aromatic N) is 3. The summed E-state index contributed by atoms with van der Waals surface area (Å²) in [7, 11) is 0. The number of hydrogen-bond acceptors (Lipinski definition) is 4. The van der Waals surface area contributed by atoms with Crippen molar-refractivity contribution in [3.05, 3.63) is 44.1 Å².